The van der Waals surface area contributed by atoms with Crippen molar-refractivity contribution in [2.45, 2.75) is 29.8 Å². The second-order valence-electron chi connectivity index (χ2n) is 7.08. The summed E-state index contributed by atoms with van der Waals surface area (Å²) < 4.78 is 39.0. The van der Waals surface area contributed by atoms with Gasteiger partial charge in [0.15, 0.2) is 5.78 Å². The maximum absolute atomic E-state index is 13.1. The lowest BCUT2D eigenvalue weighted by Crippen LogP contribution is -2.52. The summed E-state index contributed by atoms with van der Waals surface area (Å²) in [5.74, 6) is 0.865. The lowest BCUT2D eigenvalue weighted by Gasteiger charge is -2.43. The Labute approximate surface area is 169 Å². The number of ether oxygens (including phenoxy) is 2. The summed E-state index contributed by atoms with van der Waals surface area (Å²) in [7, 11) is -2.35. The Hall–Kier alpha value is -2.09. The van der Waals surface area contributed by atoms with Crippen molar-refractivity contribution in [3.8, 4) is 11.5 Å². The Balaban J connectivity index is 1.57. The van der Waals surface area contributed by atoms with Crippen LogP contribution >= 0.6 is 11.6 Å². The van der Waals surface area contributed by atoms with Crippen molar-refractivity contribution in [3.63, 3.8) is 0 Å². The zero-order chi connectivity index (χ0) is 19.9. The summed E-state index contributed by atoms with van der Waals surface area (Å²) in [5.41, 5.74) is -0.0672. The van der Waals surface area contributed by atoms with Gasteiger partial charge in [-0.15, -0.1) is 0 Å². The molecule has 0 atom stereocenters. The van der Waals surface area contributed by atoms with E-state index in [0.29, 0.717) is 29.2 Å². The number of fused-ring (bicyclic) bond motifs is 1. The van der Waals surface area contributed by atoms with Gasteiger partial charge in [0.1, 0.15) is 22.0 Å². The topological polar surface area (TPSA) is 72.9 Å². The molecule has 2 aliphatic heterocycles. The monoisotopic (exact) mass is 421 g/mol. The standard InChI is InChI=1S/C20H20ClNO5S/c1-26-18-7-6-14(21)12-19(18)28(24,25)22-10-8-20(9-11-22)13-16(23)15-4-2-3-5-17(15)27-20/h2-7,12H,8-11,13H2,1H3. The normalized spacial score (nSPS) is 19.1. The SMILES string of the molecule is COc1ccc(Cl)cc1S(=O)(=O)N1CCC2(CC1)CC(=O)c1ccccc1O2. The summed E-state index contributed by atoms with van der Waals surface area (Å²) in [6, 6.07) is 11.7. The van der Waals surface area contributed by atoms with Gasteiger partial charge in [-0.2, -0.15) is 4.31 Å². The summed E-state index contributed by atoms with van der Waals surface area (Å²) >= 11 is 6.00. The first-order chi connectivity index (χ1) is 13.3. The third-order valence-electron chi connectivity index (χ3n) is 5.37. The molecule has 0 aromatic heterocycles. The van der Waals surface area contributed by atoms with Gasteiger partial charge in [-0.25, -0.2) is 8.42 Å². The number of carbonyl (C=O) groups is 1. The molecule has 0 saturated carbocycles. The molecule has 0 bridgehead atoms. The van der Waals surface area contributed by atoms with Crippen LogP contribution in [-0.4, -0.2) is 44.3 Å². The molecular weight excluding hydrogens is 402 g/mol. The van der Waals surface area contributed by atoms with Gasteiger partial charge in [-0.3, -0.25) is 4.79 Å². The third kappa shape index (κ3) is 3.27. The number of piperidine rings is 1. The number of hydrogen-bond acceptors (Lipinski definition) is 5. The molecule has 0 radical (unpaired) electrons. The van der Waals surface area contributed by atoms with Gasteiger partial charge in [0.25, 0.3) is 0 Å². The van der Waals surface area contributed by atoms with Crippen molar-refractivity contribution in [1.82, 2.24) is 4.31 Å². The minimum Gasteiger partial charge on any atom is -0.495 e. The molecule has 1 saturated heterocycles. The maximum Gasteiger partial charge on any atom is 0.246 e. The van der Waals surface area contributed by atoms with Crippen molar-refractivity contribution in [2.24, 2.45) is 0 Å². The highest BCUT2D eigenvalue weighted by Crippen LogP contribution is 2.40. The number of nitrogens with zero attached hydrogens (tertiary/aromatic N) is 1. The van der Waals surface area contributed by atoms with E-state index in [9.17, 15) is 13.2 Å². The van der Waals surface area contributed by atoms with E-state index in [-0.39, 0.29) is 35.9 Å². The second kappa shape index (κ2) is 7.06. The van der Waals surface area contributed by atoms with E-state index in [1.165, 1.54) is 17.5 Å². The molecule has 8 heteroatoms. The van der Waals surface area contributed by atoms with Crippen molar-refractivity contribution >= 4 is 27.4 Å². The number of methoxy groups -OCH3 is 1. The molecule has 6 nitrogen and oxygen atoms in total. The Kier molecular flexibility index (Phi) is 4.85. The van der Waals surface area contributed by atoms with Crippen LogP contribution in [0, 0.1) is 0 Å². The molecule has 2 aromatic carbocycles. The minimum atomic E-state index is -3.77. The minimum absolute atomic E-state index is 0.0367. The van der Waals surface area contributed by atoms with Crippen molar-refractivity contribution < 1.29 is 22.7 Å². The highest BCUT2D eigenvalue weighted by molar-refractivity contribution is 7.89. The van der Waals surface area contributed by atoms with Crippen molar-refractivity contribution in [1.29, 1.82) is 0 Å². The molecule has 2 aliphatic rings. The van der Waals surface area contributed by atoms with Crippen LogP contribution < -0.4 is 9.47 Å². The summed E-state index contributed by atoms with van der Waals surface area (Å²) in [4.78, 5) is 12.6. The first-order valence-corrected chi connectivity index (χ1v) is 10.8. The zero-order valence-electron chi connectivity index (χ0n) is 15.4. The summed E-state index contributed by atoms with van der Waals surface area (Å²) in [6.07, 6.45) is 1.14. The number of para-hydroxylation sites is 1. The maximum atomic E-state index is 13.1. The number of benzene rings is 2. The third-order valence-corrected chi connectivity index (χ3v) is 7.53. The fourth-order valence-corrected chi connectivity index (χ4v) is 5.71. The van der Waals surface area contributed by atoms with Gasteiger partial charge >= 0.3 is 0 Å². The number of hydrogen-bond donors (Lipinski definition) is 0. The van der Waals surface area contributed by atoms with Crippen molar-refractivity contribution in [3.05, 3.63) is 53.1 Å². The van der Waals surface area contributed by atoms with E-state index in [2.05, 4.69) is 0 Å². The predicted molar refractivity (Wildman–Crippen MR) is 105 cm³/mol. The molecule has 1 spiro atoms. The largest absolute Gasteiger partial charge is 0.495 e. The fourth-order valence-electron chi connectivity index (χ4n) is 3.85. The van der Waals surface area contributed by atoms with Crippen LogP contribution in [0.2, 0.25) is 5.02 Å². The second-order valence-corrected chi connectivity index (χ2v) is 9.42. The number of ketones is 1. The number of halogens is 1. The molecule has 148 valence electrons. The van der Waals surface area contributed by atoms with E-state index in [0.717, 1.165) is 0 Å². The molecule has 1 fully saturated rings. The predicted octanol–water partition coefficient (Wildman–Crippen LogP) is 3.54. The number of rotatable bonds is 3. The Morgan fingerprint density at radius 3 is 2.57 bits per heavy atom. The average molecular weight is 422 g/mol. The lowest BCUT2D eigenvalue weighted by molar-refractivity contribution is 0.00590. The van der Waals surface area contributed by atoms with E-state index < -0.39 is 15.6 Å². The van der Waals surface area contributed by atoms with Crippen LogP contribution in [0.15, 0.2) is 47.4 Å². The molecule has 0 unspecified atom stereocenters. The molecule has 4 rings (SSSR count). The molecule has 28 heavy (non-hydrogen) atoms. The number of sulfonamides is 1. The smallest absolute Gasteiger partial charge is 0.246 e. The van der Waals surface area contributed by atoms with Gasteiger partial charge < -0.3 is 9.47 Å². The van der Waals surface area contributed by atoms with Gasteiger partial charge in [-0.05, 0) is 30.3 Å². The molecule has 0 N–H and O–H groups in total. The van der Waals surface area contributed by atoms with Crippen LogP contribution in [0.4, 0.5) is 0 Å². The Bertz CT molecular complexity index is 1030. The van der Waals surface area contributed by atoms with Crippen molar-refractivity contribution in [2.75, 3.05) is 20.2 Å². The lowest BCUT2D eigenvalue weighted by atomic mass is 9.83. The highest BCUT2D eigenvalue weighted by atomic mass is 35.5. The van der Waals surface area contributed by atoms with Crippen LogP contribution in [0.25, 0.3) is 0 Å². The first-order valence-electron chi connectivity index (χ1n) is 9.00. The van der Waals surface area contributed by atoms with E-state index >= 15 is 0 Å². The number of Topliss-reactive ketones (excluding diaryl/α,β-unsaturated/α-hetero) is 1. The van der Waals surface area contributed by atoms with Crippen LogP contribution in [0.1, 0.15) is 29.6 Å². The molecule has 0 aliphatic carbocycles. The summed E-state index contributed by atoms with van der Waals surface area (Å²) in [5, 5.41) is 0.325. The van der Waals surface area contributed by atoms with Gasteiger partial charge in [0.05, 0.1) is 19.1 Å². The van der Waals surface area contributed by atoms with E-state index in [1.54, 1.807) is 24.3 Å². The molecule has 2 aromatic rings. The van der Waals surface area contributed by atoms with Crippen LogP contribution in [-0.2, 0) is 10.0 Å². The average Bonchev–Trinajstić information content (AvgIpc) is 2.68. The van der Waals surface area contributed by atoms with Gasteiger partial charge in [0, 0.05) is 31.0 Å². The molecular formula is C20H20ClNO5S. The van der Waals surface area contributed by atoms with Crippen LogP contribution in [0.3, 0.4) is 0 Å². The fraction of sp³-hybridized carbons (Fsp3) is 0.350. The highest BCUT2D eigenvalue weighted by Gasteiger charge is 2.45. The quantitative estimate of drug-likeness (QED) is 0.757. The Morgan fingerprint density at radius 1 is 1.14 bits per heavy atom. The van der Waals surface area contributed by atoms with E-state index in [4.69, 9.17) is 21.1 Å². The zero-order valence-corrected chi connectivity index (χ0v) is 16.9. The van der Waals surface area contributed by atoms with Gasteiger partial charge in [-0.1, -0.05) is 23.7 Å². The molecule has 0 amide bonds. The Morgan fingerprint density at radius 2 is 1.86 bits per heavy atom. The van der Waals surface area contributed by atoms with Crippen LogP contribution in [0.5, 0.6) is 11.5 Å². The molecule has 2 heterocycles. The number of carbonyl (C=O) groups excluding carboxylic acids is 1. The summed E-state index contributed by atoms with van der Waals surface area (Å²) in [6.45, 7) is 0.515. The first kappa shape index (κ1) is 19.2. The van der Waals surface area contributed by atoms with Gasteiger partial charge in [0.2, 0.25) is 10.0 Å². The van der Waals surface area contributed by atoms with E-state index in [1.807, 2.05) is 12.1 Å².